The van der Waals surface area contributed by atoms with Crippen LogP contribution in [0.4, 0.5) is 5.69 Å². The predicted octanol–water partition coefficient (Wildman–Crippen LogP) is 3.08. The molecule has 0 radical (unpaired) electrons. The maximum atomic E-state index is 12.4. The molecule has 3 rings (SSSR count). The second kappa shape index (κ2) is 10.1. The van der Waals surface area contributed by atoms with Gasteiger partial charge in [0.05, 0.1) is 32.7 Å². The molecular weight excluding hydrogens is 402 g/mol. The first-order chi connectivity index (χ1) is 15.0. The minimum absolute atomic E-state index is 0.0125. The highest BCUT2D eigenvalue weighted by atomic mass is 16.5. The first kappa shape index (κ1) is 21.7. The van der Waals surface area contributed by atoms with Gasteiger partial charge in [0.25, 0.3) is 5.91 Å². The number of amides is 1. The van der Waals surface area contributed by atoms with Crippen molar-refractivity contribution in [1.82, 2.24) is 9.78 Å². The molecule has 0 aliphatic rings. The molecule has 0 saturated heterocycles. The first-order valence-corrected chi connectivity index (χ1v) is 9.52. The summed E-state index contributed by atoms with van der Waals surface area (Å²) in [6.45, 7) is 1.55. The van der Waals surface area contributed by atoms with Crippen molar-refractivity contribution in [2.45, 2.75) is 6.92 Å². The summed E-state index contributed by atoms with van der Waals surface area (Å²) in [5.41, 5.74) is 1.20. The number of benzene rings is 2. The monoisotopic (exact) mass is 425 g/mol. The molecule has 0 atom stereocenters. The summed E-state index contributed by atoms with van der Waals surface area (Å²) in [4.78, 5) is 24.7. The van der Waals surface area contributed by atoms with E-state index in [-0.39, 0.29) is 24.7 Å². The van der Waals surface area contributed by atoms with E-state index in [1.807, 2.05) is 30.3 Å². The molecule has 9 heteroatoms. The van der Waals surface area contributed by atoms with E-state index in [1.54, 1.807) is 25.1 Å². The van der Waals surface area contributed by atoms with E-state index in [2.05, 4.69) is 10.4 Å². The Labute approximate surface area is 179 Å². The fourth-order valence-electron chi connectivity index (χ4n) is 2.74. The van der Waals surface area contributed by atoms with Crippen LogP contribution in [0, 0.1) is 0 Å². The van der Waals surface area contributed by atoms with Gasteiger partial charge in [0.2, 0.25) is 5.69 Å². The van der Waals surface area contributed by atoms with E-state index >= 15 is 0 Å². The van der Waals surface area contributed by atoms with E-state index in [9.17, 15) is 9.59 Å². The molecule has 162 valence electrons. The number of ether oxygens (including phenoxy) is 4. The van der Waals surface area contributed by atoms with Crippen LogP contribution in [0.15, 0.2) is 54.7 Å². The van der Waals surface area contributed by atoms with Crippen molar-refractivity contribution >= 4 is 17.6 Å². The number of hydrogen-bond donors (Lipinski definition) is 1. The summed E-state index contributed by atoms with van der Waals surface area (Å²) < 4.78 is 22.5. The number of para-hydroxylation sites is 1. The van der Waals surface area contributed by atoms with Gasteiger partial charge in [-0.1, -0.05) is 18.2 Å². The van der Waals surface area contributed by atoms with Gasteiger partial charge in [-0.15, -0.1) is 0 Å². The van der Waals surface area contributed by atoms with E-state index in [0.717, 1.165) is 5.69 Å². The molecule has 3 aromatic rings. The van der Waals surface area contributed by atoms with Crippen molar-refractivity contribution < 1.29 is 28.5 Å². The second-order valence-corrected chi connectivity index (χ2v) is 6.28. The lowest BCUT2D eigenvalue weighted by molar-refractivity contribution is -0.118. The van der Waals surface area contributed by atoms with E-state index in [0.29, 0.717) is 17.2 Å². The van der Waals surface area contributed by atoms with Crippen molar-refractivity contribution in [3.05, 3.63) is 60.4 Å². The van der Waals surface area contributed by atoms with Crippen LogP contribution in [0.25, 0.3) is 5.69 Å². The molecule has 1 amide bonds. The van der Waals surface area contributed by atoms with Gasteiger partial charge in [0, 0.05) is 23.9 Å². The van der Waals surface area contributed by atoms with Crippen LogP contribution < -0.4 is 19.5 Å². The van der Waals surface area contributed by atoms with Crippen molar-refractivity contribution in [2.24, 2.45) is 0 Å². The molecule has 1 aromatic heterocycles. The summed E-state index contributed by atoms with van der Waals surface area (Å²) in [7, 11) is 3.04. The fourth-order valence-corrected chi connectivity index (χ4v) is 2.74. The number of anilines is 1. The van der Waals surface area contributed by atoms with Crippen molar-refractivity contribution in [3.8, 4) is 22.9 Å². The Morgan fingerprint density at radius 2 is 1.71 bits per heavy atom. The van der Waals surface area contributed by atoms with Crippen LogP contribution in [0.2, 0.25) is 0 Å². The highest BCUT2D eigenvalue weighted by Crippen LogP contribution is 2.26. The maximum Gasteiger partial charge on any atom is 0.362 e. The zero-order valence-electron chi connectivity index (χ0n) is 17.5. The number of aromatic nitrogens is 2. The van der Waals surface area contributed by atoms with Gasteiger partial charge in [-0.25, -0.2) is 9.48 Å². The van der Waals surface area contributed by atoms with Crippen LogP contribution in [0.5, 0.6) is 17.2 Å². The Morgan fingerprint density at radius 1 is 1.03 bits per heavy atom. The number of nitrogens with one attached hydrogen (secondary N) is 1. The number of methoxy groups -OCH3 is 2. The predicted molar refractivity (Wildman–Crippen MR) is 113 cm³/mol. The Morgan fingerprint density at radius 3 is 2.32 bits per heavy atom. The molecule has 0 bridgehead atoms. The zero-order chi connectivity index (χ0) is 22.2. The largest absolute Gasteiger partial charge is 0.497 e. The van der Waals surface area contributed by atoms with Gasteiger partial charge >= 0.3 is 5.97 Å². The summed E-state index contributed by atoms with van der Waals surface area (Å²) >= 11 is 0. The molecule has 0 unspecified atom stereocenters. The van der Waals surface area contributed by atoms with Gasteiger partial charge in [-0.2, -0.15) is 5.10 Å². The topological polar surface area (TPSA) is 101 Å². The lowest BCUT2D eigenvalue weighted by atomic mass is 10.2. The number of nitrogens with zero attached hydrogens (tertiary/aromatic N) is 2. The standard InChI is InChI=1S/C22H23N3O6/c1-4-30-22(27)21-19(13-25(24-21)16-8-6-5-7-9-16)31-14-20(26)23-15-10-17(28-2)12-18(11-15)29-3/h5-13H,4,14H2,1-3H3,(H,23,26). The molecule has 0 aliphatic heterocycles. The third-order valence-electron chi connectivity index (χ3n) is 4.16. The average molecular weight is 425 g/mol. The smallest absolute Gasteiger partial charge is 0.362 e. The summed E-state index contributed by atoms with van der Waals surface area (Å²) in [6.07, 6.45) is 1.53. The third-order valence-corrected chi connectivity index (χ3v) is 4.16. The van der Waals surface area contributed by atoms with Crippen LogP contribution in [-0.2, 0) is 9.53 Å². The molecule has 0 spiro atoms. The Bertz CT molecular complexity index is 1030. The Balaban J connectivity index is 1.75. The minimum Gasteiger partial charge on any atom is -0.497 e. The normalized spacial score (nSPS) is 10.3. The van der Waals surface area contributed by atoms with Crippen molar-refractivity contribution in [1.29, 1.82) is 0 Å². The molecule has 9 nitrogen and oxygen atoms in total. The van der Waals surface area contributed by atoms with Gasteiger partial charge in [0.1, 0.15) is 11.5 Å². The Kier molecular flexibility index (Phi) is 7.10. The second-order valence-electron chi connectivity index (χ2n) is 6.28. The molecule has 0 aliphatic carbocycles. The molecule has 1 N–H and O–H groups in total. The molecule has 1 heterocycles. The number of carbonyl (C=O) groups excluding carboxylic acids is 2. The van der Waals surface area contributed by atoms with E-state index in [1.165, 1.54) is 25.1 Å². The summed E-state index contributed by atoms with van der Waals surface area (Å²) in [6, 6.07) is 14.2. The SMILES string of the molecule is CCOC(=O)c1nn(-c2ccccc2)cc1OCC(=O)Nc1cc(OC)cc(OC)c1. The quantitative estimate of drug-likeness (QED) is 0.526. The maximum absolute atomic E-state index is 12.4. The lowest BCUT2D eigenvalue weighted by Crippen LogP contribution is -2.21. The molecule has 2 aromatic carbocycles. The lowest BCUT2D eigenvalue weighted by Gasteiger charge is -2.10. The summed E-state index contributed by atoms with van der Waals surface area (Å²) in [5, 5.41) is 6.97. The van der Waals surface area contributed by atoms with Gasteiger partial charge < -0.3 is 24.3 Å². The van der Waals surface area contributed by atoms with Crippen molar-refractivity contribution in [3.63, 3.8) is 0 Å². The highest BCUT2D eigenvalue weighted by molar-refractivity contribution is 5.93. The number of hydrogen-bond acceptors (Lipinski definition) is 7. The zero-order valence-corrected chi connectivity index (χ0v) is 17.5. The minimum atomic E-state index is -0.634. The average Bonchev–Trinajstić information content (AvgIpc) is 3.22. The van der Waals surface area contributed by atoms with Crippen LogP contribution in [-0.4, -0.2) is 49.1 Å². The van der Waals surface area contributed by atoms with Crippen LogP contribution in [0.3, 0.4) is 0 Å². The third kappa shape index (κ3) is 5.53. The molecule has 0 fully saturated rings. The molecule has 0 saturated carbocycles. The van der Waals surface area contributed by atoms with E-state index in [4.69, 9.17) is 18.9 Å². The van der Waals surface area contributed by atoms with E-state index < -0.39 is 11.9 Å². The Hall–Kier alpha value is -4.01. The summed E-state index contributed by atoms with van der Waals surface area (Å²) in [5.74, 6) is 0.136. The number of carbonyl (C=O) groups is 2. The molecule has 31 heavy (non-hydrogen) atoms. The van der Waals surface area contributed by atoms with Gasteiger partial charge in [-0.05, 0) is 19.1 Å². The fraction of sp³-hybridized carbons (Fsp3) is 0.227. The van der Waals surface area contributed by atoms with Gasteiger partial charge in [0.15, 0.2) is 12.4 Å². The number of rotatable bonds is 9. The highest BCUT2D eigenvalue weighted by Gasteiger charge is 2.21. The number of esters is 1. The molecular formula is C22H23N3O6. The van der Waals surface area contributed by atoms with Crippen LogP contribution in [0.1, 0.15) is 17.4 Å². The van der Waals surface area contributed by atoms with Crippen LogP contribution >= 0.6 is 0 Å². The van der Waals surface area contributed by atoms with Gasteiger partial charge in [-0.3, -0.25) is 4.79 Å². The first-order valence-electron chi connectivity index (χ1n) is 9.52. The van der Waals surface area contributed by atoms with Crippen molar-refractivity contribution in [2.75, 3.05) is 32.8 Å².